The molecule has 0 radical (unpaired) electrons. The molecule has 0 aliphatic rings. The van der Waals surface area contributed by atoms with Gasteiger partial charge in [0.15, 0.2) is 0 Å². The Kier molecular flexibility index (Phi) is 11.5. The van der Waals surface area contributed by atoms with Crippen molar-refractivity contribution in [3.63, 3.8) is 0 Å². The Morgan fingerprint density at radius 2 is 1.74 bits per heavy atom. The Hall–Kier alpha value is -3.67. The number of hydrogen-bond donors (Lipinski definition) is 4. The van der Waals surface area contributed by atoms with Gasteiger partial charge in [0, 0.05) is 15.6 Å². The third-order valence-electron chi connectivity index (χ3n) is 4.82. The first-order valence-electron chi connectivity index (χ1n) is 11.3. The van der Waals surface area contributed by atoms with Crippen LogP contribution in [0, 0.1) is 5.41 Å². The van der Waals surface area contributed by atoms with Gasteiger partial charge in [-0.05, 0) is 62.7 Å². The Morgan fingerprint density at radius 3 is 2.37 bits per heavy atom. The number of rotatable bonds is 11. The third kappa shape index (κ3) is 10.4. The summed E-state index contributed by atoms with van der Waals surface area (Å²) in [5.74, 6) is 2.76. The molecule has 13 heteroatoms. The van der Waals surface area contributed by atoms with Gasteiger partial charge in [-0.15, -0.1) is 0 Å². The Bertz CT molecular complexity index is 1180. The molecule has 0 aliphatic heterocycles. The summed E-state index contributed by atoms with van der Waals surface area (Å²) in [6.07, 6.45) is 0.935. The van der Waals surface area contributed by atoms with Gasteiger partial charge in [-0.25, -0.2) is 10.8 Å². The molecule has 11 nitrogen and oxygen atoms in total. The molecule has 2 rings (SSSR count). The van der Waals surface area contributed by atoms with Gasteiger partial charge < -0.3 is 25.5 Å². The molecule has 2 aromatic rings. The minimum atomic E-state index is -0.900. The number of amides is 2. The van der Waals surface area contributed by atoms with Gasteiger partial charge in [0.25, 0.3) is 5.91 Å². The number of hydrogen-bond acceptors (Lipinski definition) is 8. The fraction of sp³-hybridized carbons (Fsp3) is 0.320. The van der Waals surface area contributed by atoms with Crippen molar-refractivity contribution < 1.29 is 28.7 Å². The van der Waals surface area contributed by atoms with Crippen molar-refractivity contribution in [3.05, 3.63) is 63.6 Å². The molecule has 0 heterocycles. The van der Waals surface area contributed by atoms with Crippen LogP contribution in [0.15, 0.2) is 47.5 Å². The molecule has 0 fully saturated rings. The standard InChI is InChI=1S/C25H29Cl2N5O6/c1-25(2,3)24(36)38-14-37-22(34)11-20(16-7-17(26)10-18(27)8-16)32-21(33)12-29-23(35)15-5-4-6-19(9-15)30-13-31-28/h4-10,13,20H,11-12,14,28H2,1-3H3,(H,29,35)(H,30,31)(H,32,33). The maximum Gasteiger partial charge on any atom is 0.314 e. The van der Waals surface area contributed by atoms with E-state index < -0.39 is 42.0 Å². The van der Waals surface area contributed by atoms with Crippen molar-refractivity contribution in [1.82, 2.24) is 16.1 Å². The van der Waals surface area contributed by atoms with Gasteiger partial charge in [-0.1, -0.05) is 29.3 Å². The van der Waals surface area contributed by atoms with Crippen LogP contribution in [0.4, 0.5) is 5.69 Å². The van der Waals surface area contributed by atoms with E-state index in [1.807, 2.05) is 0 Å². The van der Waals surface area contributed by atoms with Gasteiger partial charge in [0.2, 0.25) is 12.7 Å². The highest BCUT2D eigenvalue weighted by Crippen LogP contribution is 2.26. The number of nitrogens with two attached hydrogens (primary N) is 1. The van der Waals surface area contributed by atoms with E-state index in [1.54, 1.807) is 39.0 Å². The predicted molar refractivity (Wildman–Crippen MR) is 143 cm³/mol. The molecule has 0 aromatic heterocycles. The molecule has 204 valence electrons. The zero-order valence-electron chi connectivity index (χ0n) is 21.0. The van der Waals surface area contributed by atoms with Gasteiger partial charge in [0.1, 0.15) is 6.34 Å². The number of carbonyl (C=O) groups excluding carboxylic acids is 4. The SMILES string of the molecule is CC(C)(C)C(=O)OCOC(=O)CC(NC(=O)CNC(=O)c1cccc(N=CNN)c1)c1cc(Cl)cc(Cl)c1. The molecule has 0 bridgehead atoms. The van der Waals surface area contributed by atoms with E-state index in [-0.39, 0.29) is 18.5 Å². The van der Waals surface area contributed by atoms with Crippen LogP contribution in [0.25, 0.3) is 0 Å². The molecule has 0 aliphatic carbocycles. The zero-order valence-corrected chi connectivity index (χ0v) is 22.6. The summed E-state index contributed by atoms with van der Waals surface area (Å²) >= 11 is 12.2. The van der Waals surface area contributed by atoms with Crippen LogP contribution in [0.5, 0.6) is 0 Å². The molecule has 2 aromatic carbocycles. The summed E-state index contributed by atoms with van der Waals surface area (Å²) in [5.41, 5.74) is 2.69. The van der Waals surface area contributed by atoms with E-state index in [0.29, 0.717) is 21.3 Å². The summed E-state index contributed by atoms with van der Waals surface area (Å²) < 4.78 is 9.95. The maximum absolute atomic E-state index is 12.7. The van der Waals surface area contributed by atoms with Crippen molar-refractivity contribution in [1.29, 1.82) is 0 Å². The highest BCUT2D eigenvalue weighted by Gasteiger charge is 2.24. The third-order valence-corrected chi connectivity index (χ3v) is 5.26. The van der Waals surface area contributed by atoms with Gasteiger partial charge in [-0.2, -0.15) is 0 Å². The second kappa shape index (κ2) is 14.3. The van der Waals surface area contributed by atoms with Crippen LogP contribution < -0.4 is 21.9 Å². The number of benzene rings is 2. The first-order valence-corrected chi connectivity index (χ1v) is 12.1. The van der Waals surface area contributed by atoms with Gasteiger partial charge in [0.05, 0.1) is 30.1 Å². The Morgan fingerprint density at radius 1 is 1.05 bits per heavy atom. The lowest BCUT2D eigenvalue weighted by Gasteiger charge is -2.20. The van der Waals surface area contributed by atoms with Crippen LogP contribution in [-0.2, 0) is 23.9 Å². The molecule has 1 unspecified atom stereocenters. The molecule has 5 N–H and O–H groups in total. The number of hydrazine groups is 1. The first kappa shape index (κ1) is 30.6. The maximum atomic E-state index is 12.7. The topological polar surface area (TPSA) is 161 Å². The second-order valence-electron chi connectivity index (χ2n) is 9.00. The van der Waals surface area contributed by atoms with Crippen molar-refractivity contribution in [2.45, 2.75) is 33.2 Å². The molecule has 0 spiro atoms. The Balaban J connectivity index is 2.04. The summed E-state index contributed by atoms with van der Waals surface area (Å²) in [6, 6.07) is 10.0. The number of halogens is 2. The van der Waals surface area contributed by atoms with E-state index in [1.165, 1.54) is 30.6 Å². The van der Waals surface area contributed by atoms with Gasteiger partial charge >= 0.3 is 11.9 Å². The number of aliphatic imine (C=N–C) groups is 1. The van der Waals surface area contributed by atoms with Crippen LogP contribution in [0.2, 0.25) is 10.0 Å². The highest BCUT2D eigenvalue weighted by atomic mass is 35.5. The normalized spacial score (nSPS) is 11.9. The van der Waals surface area contributed by atoms with Crippen molar-refractivity contribution in [2.75, 3.05) is 13.3 Å². The Labute approximate surface area is 230 Å². The van der Waals surface area contributed by atoms with Crippen LogP contribution >= 0.6 is 23.2 Å². The van der Waals surface area contributed by atoms with Crippen molar-refractivity contribution in [3.8, 4) is 0 Å². The van der Waals surface area contributed by atoms with Gasteiger partial charge in [-0.3, -0.25) is 19.2 Å². The van der Waals surface area contributed by atoms with E-state index in [9.17, 15) is 19.2 Å². The fourth-order valence-corrected chi connectivity index (χ4v) is 3.51. The minimum absolute atomic E-state index is 0.274. The lowest BCUT2D eigenvalue weighted by atomic mass is 9.98. The van der Waals surface area contributed by atoms with E-state index in [0.717, 1.165) is 0 Å². The largest absolute Gasteiger partial charge is 0.428 e. The van der Waals surface area contributed by atoms with Crippen molar-refractivity contribution >= 4 is 59.0 Å². The molecule has 0 saturated carbocycles. The number of carbonyl (C=O) groups is 4. The molecule has 1 atom stereocenters. The first-order chi connectivity index (χ1) is 17.9. The van der Waals surface area contributed by atoms with E-state index in [2.05, 4.69) is 21.1 Å². The molecular formula is C25H29Cl2N5O6. The van der Waals surface area contributed by atoms with Crippen LogP contribution in [0.1, 0.15) is 49.2 Å². The second-order valence-corrected chi connectivity index (χ2v) is 9.87. The quantitative estimate of drug-likeness (QED) is 0.0806. The predicted octanol–water partition coefficient (Wildman–Crippen LogP) is 3.18. The minimum Gasteiger partial charge on any atom is -0.428 e. The lowest BCUT2D eigenvalue weighted by Crippen LogP contribution is -2.39. The zero-order chi connectivity index (χ0) is 28.3. The van der Waals surface area contributed by atoms with E-state index in [4.69, 9.17) is 38.5 Å². The number of nitrogens with zero attached hydrogens (tertiary/aromatic N) is 1. The van der Waals surface area contributed by atoms with Crippen LogP contribution in [0.3, 0.4) is 0 Å². The summed E-state index contributed by atoms with van der Waals surface area (Å²) in [5, 5.41) is 5.75. The molecule has 0 saturated heterocycles. The van der Waals surface area contributed by atoms with Crippen LogP contribution in [-0.4, -0.2) is 43.4 Å². The summed E-state index contributed by atoms with van der Waals surface area (Å²) in [6.45, 7) is 4.02. The highest BCUT2D eigenvalue weighted by molar-refractivity contribution is 6.34. The smallest absolute Gasteiger partial charge is 0.314 e. The van der Waals surface area contributed by atoms with Crippen molar-refractivity contribution in [2.24, 2.45) is 16.3 Å². The van der Waals surface area contributed by atoms with E-state index >= 15 is 0 Å². The molecule has 38 heavy (non-hydrogen) atoms. The lowest BCUT2D eigenvalue weighted by molar-refractivity contribution is -0.173. The monoisotopic (exact) mass is 565 g/mol. The number of esters is 2. The average molecular weight is 566 g/mol. The molecular weight excluding hydrogens is 537 g/mol. The molecule has 2 amide bonds. The summed E-state index contributed by atoms with van der Waals surface area (Å²) in [7, 11) is 0. The fourth-order valence-electron chi connectivity index (χ4n) is 2.97. The summed E-state index contributed by atoms with van der Waals surface area (Å²) in [4.78, 5) is 53.5. The number of ether oxygens (including phenoxy) is 2. The average Bonchev–Trinajstić information content (AvgIpc) is 2.84. The number of nitrogens with one attached hydrogen (secondary N) is 3.